The number of nitrogens with one attached hydrogen (secondary N) is 3. The number of carbonyl (C=O) groups excluding carboxylic acids is 3. The number of aromatic nitrogens is 3. The molecule has 3 amide bonds. The zero-order valence-corrected chi connectivity index (χ0v) is 33.7. The standard InChI is InChI=1S/C45H52F2N8O5/c46-37-27-33(49-39-13-14-40(56)51-43(39)58)9-12-36(37)30-18-22-53(23-19-30)21-15-29-16-24-54(25-17-29)45(59)60-35-10-7-32(8-11-35)50-44-48-28-38(47)42(52-44)31-4-3-5-34(26-31)55-20-2-1-6-41(55)57/h1-6,9,12,20,26-30,32,35,39,49H,7-8,10-11,13-19,21-25H2,(H,48,50,52)(H,51,56,58). The molecule has 0 radical (unpaired) electrons. The van der Waals surface area contributed by atoms with Crippen LogP contribution in [-0.4, -0.2) is 93.2 Å². The van der Waals surface area contributed by atoms with E-state index in [1.807, 2.05) is 17.0 Å². The van der Waals surface area contributed by atoms with E-state index < -0.39 is 11.9 Å². The fraction of sp³-hybridized carbons (Fsp3) is 0.467. The second-order valence-corrected chi connectivity index (χ2v) is 16.6. The van der Waals surface area contributed by atoms with Crippen LogP contribution >= 0.6 is 0 Å². The van der Waals surface area contributed by atoms with E-state index in [0.29, 0.717) is 66.7 Å². The van der Waals surface area contributed by atoms with E-state index in [1.165, 1.54) is 16.7 Å². The summed E-state index contributed by atoms with van der Waals surface area (Å²) in [7, 11) is 0. The Labute approximate surface area is 347 Å². The van der Waals surface area contributed by atoms with Gasteiger partial charge >= 0.3 is 6.09 Å². The second-order valence-electron chi connectivity index (χ2n) is 16.6. The molecule has 8 rings (SSSR count). The molecular weight excluding hydrogens is 771 g/mol. The zero-order valence-electron chi connectivity index (χ0n) is 33.7. The van der Waals surface area contributed by atoms with Gasteiger partial charge in [0.25, 0.3) is 5.56 Å². The van der Waals surface area contributed by atoms with Gasteiger partial charge in [0, 0.05) is 54.8 Å². The largest absolute Gasteiger partial charge is 0.446 e. The average molecular weight is 823 g/mol. The maximum atomic E-state index is 15.2. The Kier molecular flexibility index (Phi) is 12.8. The van der Waals surface area contributed by atoms with Crippen molar-refractivity contribution in [1.29, 1.82) is 0 Å². The van der Waals surface area contributed by atoms with Crippen molar-refractivity contribution in [3.8, 4) is 16.9 Å². The molecule has 60 heavy (non-hydrogen) atoms. The van der Waals surface area contributed by atoms with Gasteiger partial charge in [-0.2, -0.15) is 0 Å². The Balaban J connectivity index is 0.727. The van der Waals surface area contributed by atoms with E-state index in [1.54, 1.807) is 42.6 Å². The quantitative estimate of drug-likeness (QED) is 0.141. The van der Waals surface area contributed by atoms with Gasteiger partial charge in [-0.3, -0.25) is 24.3 Å². The molecule has 1 aliphatic carbocycles. The van der Waals surface area contributed by atoms with Crippen LogP contribution in [0.4, 0.5) is 25.2 Å². The Morgan fingerprint density at radius 1 is 0.833 bits per heavy atom. The molecule has 316 valence electrons. The molecule has 3 N–H and O–H groups in total. The second kappa shape index (κ2) is 18.7. The summed E-state index contributed by atoms with van der Waals surface area (Å²) in [4.78, 5) is 62.0. The molecule has 4 aromatic rings. The first-order chi connectivity index (χ1) is 29.1. The number of halogens is 2. The summed E-state index contributed by atoms with van der Waals surface area (Å²) in [6.07, 6.45) is 10.7. The summed E-state index contributed by atoms with van der Waals surface area (Å²) in [6.45, 7) is 4.19. The van der Waals surface area contributed by atoms with Crippen molar-refractivity contribution in [2.75, 3.05) is 43.4 Å². The van der Waals surface area contributed by atoms with Crippen LogP contribution in [0.15, 0.2) is 77.9 Å². The number of benzene rings is 2. The van der Waals surface area contributed by atoms with Gasteiger partial charge < -0.3 is 25.2 Å². The smallest absolute Gasteiger partial charge is 0.410 e. The Morgan fingerprint density at radius 2 is 1.63 bits per heavy atom. The van der Waals surface area contributed by atoms with Crippen LogP contribution in [0.3, 0.4) is 0 Å². The van der Waals surface area contributed by atoms with Crippen molar-refractivity contribution in [1.82, 2.24) is 29.7 Å². The molecule has 3 saturated heterocycles. The van der Waals surface area contributed by atoms with Crippen molar-refractivity contribution >= 4 is 29.5 Å². The molecule has 2 aromatic heterocycles. The lowest BCUT2D eigenvalue weighted by Gasteiger charge is -2.36. The number of nitrogens with zero attached hydrogens (tertiary/aromatic N) is 5. The number of carbonyl (C=O) groups is 3. The minimum absolute atomic E-state index is 0.0535. The van der Waals surface area contributed by atoms with E-state index in [4.69, 9.17) is 4.74 Å². The summed E-state index contributed by atoms with van der Waals surface area (Å²) in [5.74, 6) is -0.470. The fourth-order valence-corrected chi connectivity index (χ4v) is 9.02. The van der Waals surface area contributed by atoms with Gasteiger partial charge in [0.1, 0.15) is 23.7 Å². The number of rotatable bonds is 11. The van der Waals surface area contributed by atoms with Gasteiger partial charge in [0.15, 0.2) is 5.82 Å². The average Bonchev–Trinajstić information content (AvgIpc) is 3.26. The highest BCUT2D eigenvalue weighted by atomic mass is 19.1. The van der Waals surface area contributed by atoms with Gasteiger partial charge in [-0.1, -0.05) is 24.3 Å². The molecule has 1 unspecified atom stereocenters. The summed E-state index contributed by atoms with van der Waals surface area (Å²) in [5.41, 5.74) is 2.35. The number of hydrogen-bond donors (Lipinski definition) is 3. The number of likely N-dealkylation sites (tertiary alicyclic amines) is 2. The van der Waals surface area contributed by atoms with Crippen molar-refractivity contribution in [2.45, 2.75) is 94.7 Å². The van der Waals surface area contributed by atoms with E-state index in [-0.39, 0.29) is 59.5 Å². The molecule has 3 aliphatic heterocycles. The van der Waals surface area contributed by atoms with Gasteiger partial charge in [-0.15, -0.1) is 0 Å². The van der Waals surface area contributed by atoms with Crippen LogP contribution in [0.5, 0.6) is 0 Å². The van der Waals surface area contributed by atoms with Crippen molar-refractivity contribution in [3.05, 3.63) is 101 Å². The van der Waals surface area contributed by atoms with E-state index in [2.05, 4.69) is 30.8 Å². The SMILES string of the molecule is O=C1CCC(Nc2ccc(C3CCN(CCC4CCN(C(=O)OC5CCC(Nc6ncc(F)c(-c7cccc(-n8ccccc8=O)c7)n6)CC5)CC4)CC3)c(F)c2)C(=O)N1. The number of hydrogen-bond acceptors (Lipinski definition) is 10. The molecule has 0 bridgehead atoms. The van der Waals surface area contributed by atoms with E-state index >= 15 is 4.39 Å². The lowest BCUT2D eigenvalue weighted by Crippen LogP contribution is -2.47. The number of amides is 3. The topological polar surface area (TPSA) is 151 Å². The fourth-order valence-electron chi connectivity index (χ4n) is 9.02. The minimum Gasteiger partial charge on any atom is -0.446 e. The highest BCUT2D eigenvalue weighted by Gasteiger charge is 2.31. The molecule has 5 heterocycles. The molecule has 2 aromatic carbocycles. The Morgan fingerprint density at radius 3 is 2.38 bits per heavy atom. The summed E-state index contributed by atoms with van der Waals surface area (Å²) < 4.78 is 37.6. The summed E-state index contributed by atoms with van der Waals surface area (Å²) in [5, 5.41) is 8.73. The highest BCUT2D eigenvalue weighted by molar-refractivity contribution is 6.01. The predicted octanol–water partition coefficient (Wildman–Crippen LogP) is 6.63. The van der Waals surface area contributed by atoms with Crippen molar-refractivity contribution in [2.24, 2.45) is 5.92 Å². The third kappa shape index (κ3) is 10.0. The molecule has 4 aliphatic rings. The van der Waals surface area contributed by atoms with Gasteiger partial charge in [0.05, 0.1) is 6.20 Å². The van der Waals surface area contributed by atoms with Gasteiger partial charge in [-0.25, -0.2) is 23.5 Å². The van der Waals surface area contributed by atoms with Crippen molar-refractivity contribution in [3.63, 3.8) is 0 Å². The molecule has 1 atom stereocenters. The maximum Gasteiger partial charge on any atom is 0.410 e. The molecule has 4 fully saturated rings. The number of piperidine rings is 3. The lowest BCUT2D eigenvalue weighted by molar-refractivity contribution is -0.133. The molecular formula is C45H52F2N8O5. The van der Waals surface area contributed by atoms with Crippen LogP contribution in [0.25, 0.3) is 16.9 Å². The number of ether oxygens (including phenoxy) is 1. The first-order valence-corrected chi connectivity index (χ1v) is 21.3. The predicted molar refractivity (Wildman–Crippen MR) is 223 cm³/mol. The van der Waals surface area contributed by atoms with E-state index in [9.17, 15) is 23.6 Å². The molecule has 13 nitrogen and oxygen atoms in total. The highest BCUT2D eigenvalue weighted by Crippen LogP contribution is 2.33. The zero-order chi connectivity index (χ0) is 41.6. The first kappa shape index (κ1) is 41.1. The van der Waals surface area contributed by atoms with Crippen LogP contribution in [-0.2, 0) is 14.3 Å². The number of anilines is 2. The van der Waals surface area contributed by atoms with Gasteiger partial charge in [0.2, 0.25) is 17.8 Å². The molecule has 15 heteroatoms. The monoisotopic (exact) mass is 822 g/mol. The van der Waals surface area contributed by atoms with Crippen LogP contribution in [0.2, 0.25) is 0 Å². The first-order valence-electron chi connectivity index (χ1n) is 21.3. The Bertz CT molecular complexity index is 2230. The maximum absolute atomic E-state index is 15.2. The number of imide groups is 1. The van der Waals surface area contributed by atoms with Crippen LogP contribution in [0, 0.1) is 17.6 Å². The third-order valence-electron chi connectivity index (χ3n) is 12.6. The normalized spacial score (nSPS) is 22.0. The van der Waals surface area contributed by atoms with Crippen LogP contribution in [0.1, 0.15) is 82.1 Å². The summed E-state index contributed by atoms with van der Waals surface area (Å²) in [6, 6.07) is 16.5. The summed E-state index contributed by atoms with van der Waals surface area (Å²) >= 11 is 0. The van der Waals surface area contributed by atoms with Crippen molar-refractivity contribution < 1.29 is 27.9 Å². The van der Waals surface area contributed by atoms with Gasteiger partial charge in [-0.05, 0) is 132 Å². The molecule has 0 spiro atoms. The third-order valence-corrected chi connectivity index (χ3v) is 12.6. The number of pyridine rings is 1. The lowest BCUT2D eigenvalue weighted by atomic mass is 9.88. The molecule has 1 saturated carbocycles. The van der Waals surface area contributed by atoms with E-state index in [0.717, 1.165) is 70.8 Å². The van der Waals surface area contributed by atoms with Crippen LogP contribution < -0.4 is 21.5 Å². The minimum atomic E-state index is -0.558. The Hall–Kier alpha value is -5.70.